The monoisotopic (exact) mass is 359 g/mol. The van der Waals surface area contributed by atoms with Crippen LogP contribution >= 0.6 is 11.3 Å². The Kier molecular flexibility index (Phi) is 5.65. The third-order valence-corrected chi connectivity index (χ3v) is 4.87. The van der Waals surface area contributed by atoms with E-state index in [1.165, 1.54) is 0 Å². The van der Waals surface area contributed by atoms with Gasteiger partial charge in [-0.3, -0.25) is 4.79 Å². The first-order valence-corrected chi connectivity index (χ1v) is 9.28. The molecule has 0 saturated heterocycles. The summed E-state index contributed by atoms with van der Waals surface area (Å²) >= 11 is 1.64. The second-order valence-electron chi connectivity index (χ2n) is 5.90. The fourth-order valence-corrected chi connectivity index (χ4v) is 3.17. The fourth-order valence-electron chi connectivity index (χ4n) is 2.51. The number of aryl methyl sites for hydroxylation is 1. The van der Waals surface area contributed by atoms with Crippen molar-refractivity contribution in [3.63, 3.8) is 0 Å². The highest BCUT2D eigenvalue weighted by Gasteiger charge is 2.20. The van der Waals surface area contributed by atoms with Gasteiger partial charge in [-0.15, -0.1) is 0 Å². The minimum absolute atomic E-state index is 0.0956. The van der Waals surface area contributed by atoms with Crippen molar-refractivity contribution in [2.24, 2.45) is 0 Å². The number of rotatable bonds is 8. The second-order valence-corrected chi connectivity index (χ2v) is 6.68. The molecule has 3 rings (SSSR count). The van der Waals surface area contributed by atoms with Crippen LogP contribution < -0.4 is 0 Å². The third-order valence-electron chi connectivity index (χ3n) is 4.14. The maximum Gasteiger partial charge on any atom is 0.238 e. The maximum atomic E-state index is 12.7. The summed E-state index contributed by atoms with van der Waals surface area (Å²) in [5, 5.41) is 8.00. The Morgan fingerprint density at radius 3 is 2.96 bits per heavy atom. The molecule has 1 unspecified atom stereocenters. The van der Waals surface area contributed by atoms with Crippen molar-refractivity contribution in [1.29, 1.82) is 0 Å². The van der Waals surface area contributed by atoms with Crippen molar-refractivity contribution in [3.05, 3.63) is 46.7 Å². The Bertz CT molecular complexity index is 780. The Morgan fingerprint density at radius 1 is 1.40 bits per heavy atom. The Hall–Kier alpha value is -2.41. The first-order valence-electron chi connectivity index (χ1n) is 8.34. The molecule has 0 aliphatic carbocycles. The van der Waals surface area contributed by atoms with E-state index in [1.807, 2.05) is 10.3 Å². The molecule has 0 radical (unpaired) electrons. The van der Waals surface area contributed by atoms with Crippen LogP contribution in [0.5, 0.6) is 0 Å². The van der Waals surface area contributed by atoms with Gasteiger partial charge < -0.3 is 13.8 Å². The van der Waals surface area contributed by atoms with Gasteiger partial charge in [0.15, 0.2) is 5.76 Å². The molecule has 132 valence electrons. The van der Waals surface area contributed by atoms with Gasteiger partial charge in [0, 0.05) is 25.4 Å². The van der Waals surface area contributed by atoms with E-state index < -0.39 is 0 Å². The van der Waals surface area contributed by atoms with Gasteiger partial charge in [-0.05, 0) is 47.9 Å². The molecular weight excluding hydrogens is 338 g/mol. The van der Waals surface area contributed by atoms with E-state index in [4.69, 9.17) is 8.94 Å². The van der Waals surface area contributed by atoms with Gasteiger partial charge in [-0.1, -0.05) is 12.1 Å². The molecule has 0 aromatic carbocycles. The SMILES string of the molecule is CCC(C)N(Cc1ccsc1)C(=O)CCc1nc(-c2ccco2)no1. The number of carbonyl (C=O) groups excluding carboxylic acids is 1. The lowest BCUT2D eigenvalue weighted by atomic mass is 10.1. The minimum Gasteiger partial charge on any atom is -0.461 e. The van der Waals surface area contributed by atoms with Gasteiger partial charge in [0.1, 0.15) is 0 Å². The first kappa shape index (κ1) is 17.4. The minimum atomic E-state index is 0.0956. The van der Waals surface area contributed by atoms with Gasteiger partial charge in [0.2, 0.25) is 17.6 Å². The molecule has 7 heteroatoms. The van der Waals surface area contributed by atoms with Gasteiger partial charge in [-0.2, -0.15) is 16.3 Å². The number of hydrogen-bond donors (Lipinski definition) is 0. The van der Waals surface area contributed by atoms with Crippen molar-refractivity contribution in [3.8, 4) is 11.6 Å². The highest BCUT2D eigenvalue weighted by molar-refractivity contribution is 7.07. The third kappa shape index (κ3) is 4.36. The number of amides is 1. The average Bonchev–Trinajstić information content (AvgIpc) is 3.38. The summed E-state index contributed by atoms with van der Waals surface area (Å²) in [6.07, 6.45) is 3.24. The predicted molar refractivity (Wildman–Crippen MR) is 94.9 cm³/mol. The van der Waals surface area contributed by atoms with Crippen molar-refractivity contribution < 1.29 is 13.7 Å². The van der Waals surface area contributed by atoms with E-state index in [1.54, 1.807) is 29.7 Å². The van der Waals surface area contributed by atoms with Gasteiger partial charge >= 0.3 is 0 Å². The Labute approximate surface area is 150 Å². The van der Waals surface area contributed by atoms with Crippen molar-refractivity contribution in [2.75, 3.05) is 0 Å². The van der Waals surface area contributed by atoms with Crippen LogP contribution in [0.15, 0.2) is 44.2 Å². The zero-order valence-corrected chi connectivity index (χ0v) is 15.2. The quantitative estimate of drug-likeness (QED) is 0.604. The standard InChI is InChI=1S/C18H21N3O3S/c1-3-13(2)21(11-14-8-10-25-12-14)17(22)7-6-16-19-18(20-24-16)15-5-4-9-23-15/h4-5,8-10,12-13H,3,6-7,11H2,1-2H3. The van der Waals surface area contributed by atoms with Crippen LogP contribution in [0.2, 0.25) is 0 Å². The molecule has 0 aliphatic heterocycles. The van der Waals surface area contributed by atoms with E-state index in [0.717, 1.165) is 12.0 Å². The van der Waals surface area contributed by atoms with E-state index in [9.17, 15) is 4.79 Å². The van der Waals surface area contributed by atoms with E-state index in [-0.39, 0.29) is 11.9 Å². The molecule has 3 aromatic heterocycles. The van der Waals surface area contributed by atoms with Crippen LogP contribution in [0.25, 0.3) is 11.6 Å². The van der Waals surface area contributed by atoms with Crippen LogP contribution in [0.1, 0.15) is 38.1 Å². The highest BCUT2D eigenvalue weighted by atomic mass is 32.1. The Balaban J connectivity index is 1.61. The van der Waals surface area contributed by atoms with Crippen LogP contribution in [-0.4, -0.2) is 27.0 Å². The number of furan rings is 1. The van der Waals surface area contributed by atoms with E-state index >= 15 is 0 Å². The second kappa shape index (κ2) is 8.11. The zero-order valence-electron chi connectivity index (χ0n) is 14.3. The lowest BCUT2D eigenvalue weighted by molar-refractivity contribution is -0.134. The number of aromatic nitrogens is 2. The summed E-state index contributed by atoms with van der Waals surface area (Å²) in [6.45, 7) is 4.80. The number of hydrogen-bond acceptors (Lipinski definition) is 6. The van der Waals surface area contributed by atoms with Crippen molar-refractivity contribution >= 4 is 17.2 Å². The molecule has 0 N–H and O–H groups in total. The van der Waals surface area contributed by atoms with Gasteiger partial charge in [0.25, 0.3) is 0 Å². The predicted octanol–water partition coefficient (Wildman–Crippen LogP) is 4.15. The zero-order chi connectivity index (χ0) is 17.6. The lowest BCUT2D eigenvalue weighted by Gasteiger charge is -2.28. The normalized spacial score (nSPS) is 12.2. The number of carbonyl (C=O) groups is 1. The van der Waals surface area contributed by atoms with Crippen LogP contribution in [0.4, 0.5) is 0 Å². The maximum absolute atomic E-state index is 12.7. The molecule has 6 nitrogen and oxygen atoms in total. The van der Waals surface area contributed by atoms with Gasteiger partial charge in [0.05, 0.1) is 6.26 Å². The van der Waals surface area contributed by atoms with Gasteiger partial charge in [-0.25, -0.2) is 0 Å². The summed E-state index contributed by atoms with van der Waals surface area (Å²) in [4.78, 5) is 18.9. The fraction of sp³-hybridized carbons (Fsp3) is 0.389. The molecule has 0 aliphatic rings. The molecule has 25 heavy (non-hydrogen) atoms. The van der Waals surface area contributed by atoms with Crippen LogP contribution in [0, 0.1) is 0 Å². The molecule has 0 bridgehead atoms. The van der Waals surface area contributed by atoms with Crippen LogP contribution in [-0.2, 0) is 17.8 Å². The summed E-state index contributed by atoms with van der Waals surface area (Å²) in [6, 6.07) is 5.78. The highest BCUT2D eigenvalue weighted by Crippen LogP contribution is 2.18. The first-order chi connectivity index (χ1) is 12.2. The molecule has 1 atom stereocenters. The largest absolute Gasteiger partial charge is 0.461 e. The summed E-state index contributed by atoms with van der Waals surface area (Å²) < 4.78 is 10.5. The molecule has 0 saturated carbocycles. The summed E-state index contributed by atoms with van der Waals surface area (Å²) in [7, 11) is 0. The molecule has 0 fully saturated rings. The number of nitrogens with zero attached hydrogens (tertiary/aromatic N) is 3. The summed E-state index contributed by atoms with van der Waals surface area (Å²) in [5.41, 5.74) is 1.16. The van der Waals surface area contributed by atoms with E-state index in [0.29, 0.717) is 36.9 Å². The van der Waals surface area contributed by atoms with Crippen molar-refractivity contribution in [1.82, 2.24) is 15.0 Å². The smallest absolute Gasteiger partial charge is 0.238 e. The average molecular weight is 359 g/mol. The molecule has 0 spiro atoms. The Morgan fingerprint density at radius 2 is 2.28 bits per heavy atom. The molecular formula is C18H21N3O3S. The van der Waals surface area contributed by atoms with Crippen LogP contribution in [0.3, 0.4) is 0 Å². The molecule has 1 amide bonds. The lowest BCUT2D eigenvalue weighted by Crippen LogP contribution is -2.37. The summed E-state index contributed by atoms with van der Waals surface area (Å²) in [5.74, 6) is 1.50. The van der Waals surface area contributed by atoms with Crippen molar-refractivity contribution in [2.45, 2.75) is 45.7 Å². The topological polar surface area (TPSA) is 72.4 Å². The molecule has 3 aromatic rings. The van der Waals surface area contributed by atoms with E-state index in [2.05, 4.69) is 35.4 Å². The molecule has 3 heterocycles. The number of thiophene rings is 1.